The highest BCUT2D eigenvalue weighted by molar-refractivity contribution is 7.98. The molecule has 0 aliphatic carbocycles. The van der Waals surface area contributed by atoms with Crippen molar-refractivity contribution in [3.8, 4) is 5.75 Å². The van der Waals surface area contributed by atoms with Crippen molar-refractivity contribution in [2.24, 2.45) is 0 Å². The van der Waals surface area contributed by atoms with Gasteiger partial charge in [0.25, 0.3) is 0 Å². The Bertz CT molecular complexity index is 563. The molecule has 0 aliphatic heterocycles. The molecule has 0 amide bonds. The van der Waals surface area contributed by atoms with Gasteiger partial charge < -0.3 is 10.1 Å². The average Bonchev–Trinajstić information content (AvgIpc) is 2.46. The van der Waals surface area contributed by atoms with E-state index in [4.69, 9.17) is 16.3 Å². The first-order valence-corrected chi connectivity index (χ1v) is 7.44. The Morgan fingerprint density at radius 3 is 2.79 bits per heavy atom. The van der Waals surface area contributed by atoms with Crippen LogP contribution >= 0.6 is 23.4 Å². The van der Waals surface area contributed by atoms with Crippen LogP contribution in [0, 0.1) is 0 Å². The molecule has 1 aromatic heterocycles. The summed E-state index contributed by atoms with van der Waals surface area (Å²) in [5.74, 6) is 1.63. The maximum Gasteiger partial charge on any atom is 0.133 e. The lowest BCUT2D eigenvalue weighted by Gasteiger charge is -2.11. The number of thioether (sulfide) groups is 1. The van der Waals surface area contributed by atoms with Crippen LogP contribution in [-0.4, -0.2) is 18.3 Å². The molecule has 1 aromatic carbocycles. The van der Waals surface area contributed by atoms with Crippen LogP contribution in [-0.2, 0) is 6.61 Å². The van der Waals surface area contributed by atoms with Crippen LogP contribution in [0.3, 0.4) is 0 Å². The summed E-state index contributed by atoms with van der Waals surface area (Å²) in [6.07, 6.45) is 2.02. The van der Waals surface area contributed by atoms with Gasteiger partial charge in [0.2, 0.25) is 0 Å². The Hall–Kier alpha value is -1.39. The highest BCUT2D eigenvalue weighted by Gasteiger charge is 2.07. The van der Waals surface area contributed by atoms with Crippen LogP contribution in [0.15, 0.2) is 41.3 Å². The Morgan fingerprint density at radius 2 is 2.05 bits per heavy atom. The summed E-state index contributed by atoms with van der Waals surface area (Å²) in [4.78, 5) is 5.49. The van der Waals surface area contributed by atoms with Crippen molar-refractivity contribution in [3.05, 3.63) is 47.1 Å². The molecule has 2 rings (SSSR count). The van der Waals surface area contributed by atoms with Crippen LogP contribution in [0.1, 0.15) is 5.69 Å². The monoisotopic (exact) mass is 294 g/mol. The van der Waals surface area contributed by atoms with Crippen molar-refractivity contribution in [1.82, 2.24) is 4.98 Å². The largest absolute Gasteiger partial charge is 0.486 e. The van der Waals surface area contributed by atoms with Crippen molar-refractivity contribution in [2.45, 2.75) is 11.5 Å². The molecule has 5 heteroatoms. The van der Waals surface area contributed by atoms with Crippen LogP contribution in [0.2, 0.25) is 5.02 Å². The molecule has 0 aliphatic rings. The number of anilines is 1. The second kappa shape index (κ2) is 6.68. The molecule has 3 nitrogen and oxygen atoms in total. The van der Waals surface area contributed by atoms with Crippen molar-refractivity contribution in [2.75, 3.05) is 18.6 Å². The summed E-state index contributed by atoms with van der Waals surface area (Å²) in [5, 5.41) is 3.60. The quantitative estimate of drug-likeness (QED) is 0.843. The normalized spacial score (nSPS) is 10.3. The molecule has 100 valence electrons. The Labute approximate surface area is 122 Å². The number of nitrogens with zero attached hydrogens (tertiary/aromatic N) is 1. The molecule has 0 spiro atoms. The van der Waals surface area contributed by atoms with Crippen LogP contribution in [0.25, 0.3) is 0 Å². The van der Waals surface area contributed by atoms with Gasteiger partial charge in [-0.05, 0) is 30.5 Å². The molecule has 0 fully saturated rings. The number of para-hydroxylation sites is 1. The highest BCUT2D eigenvalue weighted by atomic mass is 35.5. The topological polar surface area (TPSA) is 34.1 Å². The Morgan fingerprint density at radius 1 is 1.26 bits per heavy atom. The minimum absolute atomic E-state index is 0.353. The van der Waals surface area contributed by atoms with E-state index >= 15 is 0 Å². The second-order valence-electron chi connectivity index (χ2n) is 3.81. The van der Waals surface area contributed by atoms with Crippen molar-refractivity contribution >= 4 is 29.2 Å². The standard InChI is InChI=1S/C14H15ClN2OS/c1-16-14-8-7-10(15)11(17-14)9-18-12-5-3-4-6-13(12)19-2/h3-8H,9H2,1-2H3,(H,16,17). The van der Waals surface area contributed by atoms with Gasteiger partial charge in [-0.2, -0.15) is 0 Å². The lowest BCUT2D eigenvalue weighted by Crippen LogP contribution is -2.02. The van der Waals surface area contributed by atoms with Crippen molar-refractivity contribution < 1.29 is 4.74 Å². The van der Waals surface area contributed by atoms with E-state index in [1.807, 2.05) is 49.7 Å². The third-order valence-electron chi connectivity index (χ3n) is 2.61. The number of halogens is 1. The number of rotatable bonds is 5. The summed E-state index contributed by atoms with van der Waals surface area (Å²) in [6, 6.07) is 11.6. The molecule has 2 aromatic rings. The third-order valence-corrected chi connectivity index (χ3v) is 3.73. The molecule has 1 N–H and O–H groups in total. The fourth-order valence-electron chi connectivity index (χ4n) is 1.61. The Kier molecular flexibility index (Phi) is 4.93. The van der Waals surface area contributed by atoms with Gasteiger partial charge in [-0.1, -0.05) is 23.7 Å². The number of nitrogens with one attached hydrogen (secondary N) is 1. The van der Waals surface area contributed by atoms with Gasteiger partial charge in [-0.3, -0.25) is 0 Å². The molecular formula is C14H15ClN2OS. The maximum atomic E-state index is 6.12. The third kappa shape index (κ3) is 3.55. The van der Waals surface area contributed by atoms with Crippen LogP contribution in [0.4, 0.5) is 5.82 Å². The first-order valence-electron chi connectivity index (χ1n) is 5.83. The predicted molar refractivity (Wildman–Crippen MR) is 81.3 cm³/mol. The van der Waals surface area contributed by atoms with Crippen LogP contribution in [0.5, 0.6) is 5.75 Å². The van der Waals surface area contributed by atoms with E-state index in [1.165, 1.54) is 0 Å². The van der Waals surface area contributed by atoms with E-state index < -0.39 is 0 Å². The SMILES string of the molecule is CNc1ccc(Cl)c(COc2ccccc2SC)n1. The molecule has 0 bridgehead atoms. The van der Waals surface area contributed by atoms with Crippen molar-refractivity contribution in [1.29, 1.82) is 0 Å². The van der Waals surface area contributed by atoms with Gasteiger partial charge >= 0.3 is 0 Å². The Balaban J connectivity index is 2.14. The van der Waals surface area contributed by atoms with E-state index in [1.54, 1.807) is 11.8 Å². The van der Waals surface area contributed by atoms with Gasteiger partial charge in [0.05, 0.1) is 10.7 Å². The van der Waals surface area contributed by atoms with Gasteiger partial charge in [0, 0.05) is 11.9 Å². The molecule has 0 atom stereocenters. The van der Waals surface area contributed by atoms with Gasteiger partial charge in [0.1, 0.15) is 18.2 Å². The molecule has 0 radical (unpaired) electrons. The summed E-state index contributed by atoms with van der Waals surface area (Å²) in [6.45, 7) is 0.353. The van der Waals surface area contributed by atoms with Crippen molar-refractivity contribution in [3.63, 3.8) is 0 Å². The average molecular weight is 295 g/mol. The molecule has 0 saturated carbocycles. The van der Waals surface area contributed by atoms with E-state index in [0.29, 0.717) is 11.6 Å². The van der Waals surface area contributed by atoms with Gasteiger partial charge in [0.15, 0.2) is 0 Å². The minimum atomic E-state index is 0.353. The summed E-state index contributed by atoms with van der Waals surface area (Å²) < 4.78 is 5.80. The summed E-state index contributed by atoms with van der Waals surface area (Å²) in [7, 11) is 1.82. The highest BCUT2D eigenvalue weighted by Crippen LogP contribution is 2.28. The molecular weight excluding hydrogens is 280 g/mol. The minimum Gasteiger partial charge on any atom is -0.486 e. The van der Waals surface area contributed by atoms with Gasteiger partial charge in [-0.25, -0.2) is 4.98 Å². The number of hydrogen-bond acceptors (Lipinski definition) is 4. The number of aromatic nitrogens is 1. The smallest absolute Gasteiger partial charge is 0.133 e. The maximum absolute atomic E-state index is 6.12. The number of hydrogen-bond donors (Lipinski definition) is 1. The molecule has 19 heavy (non-hydrogen) atoms. The number of ether oxygens (including phenoxy) is 1. The molecule has 0 unspecified atom stereocenters. The zero-order valence-corrected chi connectivity index (χ0v) is 12.4. The molecule has 1 heterocycles. The first kappa shape index (κ1) is 14.0. The predicted octanol–water partition coefficient (Wildman–Crippen LogP) is 4.08. The molecule has 0 saturated heterocycles. The summed E-state index contributed by atoms with van der Waals surface area (Å²) >= 11 is 7.77. The van der Waals surface area contributed by atoms with E-state index in [2.05, 4.69) is 10.3 Å². The zero-order valence-electron chi connectivity index (χ0n) is 10.8. The van der Waals surface area contributed by atoms with E-state index in [-0.39, 0.29) is 0 Å². The van der Waals surface area contributed by atoms with E-state index in [0.717, 1.165) is 22.2 Å². The van der Waals surface area contributed by atoms with E-state index in [9.17, 15) is 0 Å². The van der Waals surface area contributed by atoms with Crippen LogP contribution < -0.4 is 10.1 Å². The number of pyridine rings is 1. The fourth-order valence-corrected chi connectivity index (χ4v) is 2.31. The second-order valence-corrected chi connectivity index (χ2v) is 5.07. The fraction of sp³-hybridized carbons (Fsp3) is 0.214. The lowest BCUT2D eigenvalue weighted by molar-refractivity contribution is 0.294. The lowest BCUT2D eigenvalue weighted by atomic mass is 10.3. The van der Waals surface area contributed by atoms with Gasteiger partial charge in [-0.15, -0.1) is 11.8 Å². The number of benzene rings is 1. The zero-order chi connectivity index (χ0) is 13.7. The summed E-state index contributed by atoms with van der Waals surface area (Å²) in [5.41, 5.74) is 0.726. The first-order chi connectivity index (χ1) is 9.24.